The number of hydrogen-bond acceptors (Lipinski definition) is 5. The van der Waals surface area contributed by atoms with Gasteiger partial charge in [-0.1, -0.05) is 57.2 Å². The molecule has 0 saturated heterocycles. The summed E-state index contributed by atoms with van der Waals surface area (Å²) in [5, 5.41) is 4.43. The van der Waals surface area contributed by atoms with E-state index in [1.807, 2.05) is 66.1 Å². The molecular formula is C28H33ClN4O2. The number of benzene rings is 1. The Balaban J connectivity index is 1.96. The van der Waals surface area contributed by atoms with Crippen LogP contribution in [0.4, 0.5) is 0 Å². The average molecular weight is 493 g/mol. The van der Waals surface area contributed by atoms with Crippen molar-refractivity contribution in [3.63, 3.8) is 0 Å². The van der Waals surface area contributed by atoms with E-state index in [0.717, 1.165) is 39.0 Å². The molecule has 0 saturated carbocycles. The van der Waals surface area contributed by atoms with Gasteiger partial charge in [-0.2, -0.15) is 0 Å². The van der Waals surface area contributed by atoms with E-state index in [1.54, 1.807) is 18.5 Å². The molecule has 6 nitrogen and oxygen atoms in total. The number of fused-ring (bicyclic) bond motifs is 1. The van der Waals surface area contributed by atoms with E-state index in [-0.39, 0.29) is 12.5 Å². The van der Waals surface area contributed by atoms with Gasteiger partial charge in [0.05, 0.1) is 5.02 Å². The smallest absolute Gasteiger partial charge is 0.225 e. The van der Waals surface area contributed by atoms with Gasteiger partial charge in [0.1, 0.15) is 17.9 Å². The molecule has 2 heterocycles. The van der Waals surface area contributed by atoms with Crippen LogP contribution in [0.1, 0.15) is 43.2 Å². The summed E-state index contributed by atoms with van der Waals surface area (Å²) in [6.45, 7) is 12.0. The molecule has 7 heteroatoms. The average Bonchev–Trinajstić information content (AvgIpc) is 2.79. The minimum absolute atomic E-state index is 0.0464. The highest BCUT2D eigenvalue weighted by atomic mass is 35.5. The molecule has 2 aromatic heterocycles. The van der Waals surface area contributed by atoms with Crippen molar-refractivity contribution in [1.29, 1.82) is 0 Å². The lowest BCUT2D eigenvalue weighted by atomic mass is 9.95. The predicted molar refractivity (Wildman–Crippen MR) is 143 cm³/mol. The van der Waals surface area contributed by atoms with Gasteiger partial charge in [0, 0.05) is 66.4 Å². The Bertz CT molecular complexity index is 1280. The Hall–Kier alpha value is -3.38. The number of allylic oxidation sites excluding steroid dienone is 2. The molecule has 1 amide bonds. The van der Waals surface area contributed by atoms with Crippen molar-refractivity contribution in [1.82, 2.24) is 20.2 Å². The third-order valence-electron chi connectivity index (χ3n) is 5.55. The SMILES string of the molecule is C=C/C=C(/c1cc(C)nc2c(OCc3c(Cl)cncc3CNC(=O)C(C)(C)C)cccc12)N(C)C. The molecule has 0 atom stereocenters. The third kappa shape index (κ3) is 6.20. The zero-order chi connectivity index (χ0) is 25.8. The number of hydrogen-bond donors (Lipinski definition) is 1. The van der Waals surface area contributed by atoms with Crippen molar-refractivity contribution in [2.24, 2.45) is 5.41 Å². The van der Waals surface area contributed by atoms with Crippen LogP contribution in [-0.4, -0.2) is 34.9 Å². The van der Waals surface area contributed by atoms with Gasteiger partial charge in [-0.15, -0.1) is 0 Å². The number of rotatable bonds is 8. The summed E-state index contributed by atoms with van der Waals surface area (Å²) in [6.07, 6.45) is 7.06. The van der Waals surface area contributed by atoms with Gasteiger partial charge in [0.2, 0.25) is 5.91 Å². The van der Waals surface area contributed by atoms with Crippen molar-refractivity contribution in [2.75, 3.05) is 14.1 Å². The lowest BCUT2D eigenvalue weighted by Crippen LogP contribution is -2.34. The number of aryl methyl sites for hydroxylation is 1. The molecule has 0 fully saturated rings. The van der Waals surface area contributed by atoms with Crippen LogP contribution in [0.3, 0.4) is 0 Å². The summed E-state index contributed by atoms with van der Waals surface area (Å²) in [7, 11) is 4.01. The van der Waals surface area contributed by atoms with E-state index in [0.29, 0.717) is 17.3 Å². The van der Waals surface area contributed by atoms with Gasteiger partial charge < -0.3 is 15.0 Å². The molecule has 35 heavy (non-hydrogen) atoms. The molecule has 0 spiro atoms. The maximum atomic E-state index is 12.4. The number of aromatic nitrogens is 2. The number of carbonyl (C=O) groups is 1. The molecule has 3 rings (SSSR count). The number of halogens is 1. The molecule has 184 valence electrons. The highest BCUT2D eigenvalue weighted by molar-refractivity contribution is 6.31. The fourth-order valence-electron chi connectivity index (χ4n) is 3.68. The Labute approximate surface area is 212 Å². The molecule has 3 aromatic rings. The van der Waals surface area contributed by atoms with E-state index in [2.05, 4.69) is 27.8 Å². The summed E-state index contributed by atoms with van der Waals surface area (Å²) < 4.78 is 6.27. The number of nitrogens with one attached hydrogen (secondary N) is 1. The Morgan fingerprint density at radius 3 is 2.66 bits per heavy atom. The summed E-state index contributed by atoms with van der Waals surface area (Å²) in [5.41, 5.74) is 4.83. The number of pyridine rings is 2. The van der Waals surface area contributed by atoms with Gasteiger partial charge in [-0.05, 0) is 30.7 Å². The first-order valence-electron chi connectivity index (χ1n) is 11.5. The van der Waals surface area contributed by atoms with Gasteiger partial charge in [-0.25, -0.2) is 4.98 Å². The van der Waals surface area contributed by atoms with Crippen LogP contribution in [0, 0.1) is 12.3 Å². The topological polar surface area (TPSA) is 67.4 Å². The minimum Gasteiger partial charge on any atom is -0.487 e. The fourth-order valence-corrected chi connectivity index (χ4v) is 3.91. The minimum atomic E-state index is -0.488. The number of nitrogens with zero attached hydrogens (tertiary/aromatic N) is 3. The summed E-state index contributed by atoms with van der Waals surface area (Å²) in [5.74, 6) is 0.608. The highest BCUT2D eigenvalue weighted by Gasteiger charge is 2.21. The van der Waals surface area contributed by atoms with Crippen molar-refractivity contribution in [3.05, 3.63) is 82.8 Å². The maximum Gasteiger partial charge on any atom is 0.225 e. The van der Waals surface area contributed by atoms with Crippen LogP contribution < -0.4 is 10.1 Å². The van der Waals surface area contributed by atoms with Crippen LogP contribution in [0.5, 0.6) is 5.75 Å². The van der Waals surface area contributed by atoms with Crippen molar-refractivity contribution in [3.8, 4) is 5.75 Å². The molecule has 0 unspecified atom stereocenters. The van der Waals surface area contributed by atoms with E-state index < -0.39 is 5.41 Å². The normalized spacial score (nSPS) is 11.9. The molecule has 0 aliphatic carbocycles. The standard InChI is InChI=1S/C28H33ClN4O2/c1-8-10-24(33(6)7)21-13-18(2)32-26-20(21)11-9-12-25(26)35-17-22-19(14-30-16-23(22)29)15-31-27(34)28(3,4)5/h8-14,16H,1,15,17H2,2-7H3,(H,31,34)/b24-10-. The van der Waals surface area contributed by atoms with Crippen LogP contribution >= 0.6 is 11.6 Å². The van der Waals surface area contributed by atoms with E-state index in [9.17, 15) is 4.79 Å². The predicted octanol–water partition coefficient (Wildman–Crippen LogP) is 5.92. The Kier molecular flexibility index (Phi) is 8.18. The Morgan fingerprint density at radius 2 is 2.00 bits per heavy atom. The van der Waals surface area contributed by atoms with Crippen molar-refractivity contribution < 1.29 is 9.53 Å². The van der Waals surface area contributed by atoms with E-state index in [4.69, 9.17) is 21.3 Å². The molecule has 0 bridgehead atoms. The van der Waals surface area contributed by atoms with Crippen LogP contribution in [0.2, 0.25) is 5.02 Å². The first-order chi connectivity index (χ1) is 16.5. The Morgan fingerprint density at radius 1 is 1.26 bits per heavy atom. The fraction of sp³-hybridized carbons (Fsp3) is 0.321. The third-order valence-corrected chi connectivity index (χ3v) is 5.88. The van der Waals surface area contributed by atoms with Crippen LogP contribution in [0.25, 0.3) is 16.6 Å². The zero-order valence-electron chi connectivity index (χ0n) is 21.3. The van der Waals surface area contributed by atoms with Crippen LogP contribution in [0.15, 0.2) is 55.4 Å². The second kappa shape index (κ2) is 10.9. The lowest BCUT2D eigenvalue weighted by molar-refractivity contribution is -0.128. The second-order valence-electron chi connectivity index (χ2n) is 9.63. The number of carbonyl (C=O) groups excluding carboxylic acids is 1. The van der Waals surface area contributed by atoms with Gasteiger partial charge in [-0.3, -0.25) is 9.78 Å². The first kappa shape index (κ1) is 26.2. The van der Waals surface area contributed by atoms with E-state index in [1.165, 1.54) is 0 Å². The maximum absolute atomic E-state index is 12.4. The van der Waals surface area contributed by atoms with Crippen molar-refractivity contribution in [2.45, 2.75) is 40.8 Å². The quantitative estimate of drug-likeness (QED) is 0.395. The van der Waals surface area contributed by atoms with Crippen LogP contribution in [-0.2, 0) is 17.9 Å². The highest BCUT2D eigenvalue weighted by Crippen LogP contribution is 2.32. The monoisotopic (exact) mass is 492 g/mol. The summed E-state index contributed by atoms with van der Waals surface area (Å²) >= 11 is 6.49. The summed E-state index contributed by atoms with van der Waals surface area (Å²) in [4.78, 5) is 23.4. The summed E-state index contributed by atoms with van der Waals surface area (Å²) in [6, 6.07) is 7.97. The number of amides is 1. The number of para-hydroxylation sites is 1. The van der Waals surface area contributed by atoms with Gasteiger partial charge in [0.25, 0.3) is 0 Å². The molecule has 0 radical (unpaired) electrons. The van der Waals surface area contributed by atoms with Gasteiger partial charge >= 0.3 is 0 Å². The second-order valence-corrected chi connectivity index (χ2v) is 10.0. The molecule has 1 N–H and O–H groups in total. The van der Waals surface area contributed by atoms with Crippen molar-refractivity contribution >= 4 is 34.1 Å². The number of ether oxygens (including phenoxy) is 1. The molecular weight excluding hydrogens is 460 g/mol. The zero-order valence-corrected chi connectivity index (χ0v) is 22.0. The molecule has 0 aliphatic rings. The van der Waals surface area contributed by atoms with E-state index >= 15 is 0 Å². The van der Waals surface area contributed by atoms with Gasteiger partial charge in [0.15, 0.2) is 0 Å². The lowest BCUT2D eigenvalue weighted by Gasteiger charge is -2.20. The first-order valence-corrected chi connectivity index (χ1v) is 11.8. The largest absolute Gasteiger partial charge is 0.487 e. The molecule has 1 aromatic carbocycles. The molecule has 0 aliphatic heterocycles.